The summed E-state index contributed by atoms with van der Waals surface area (Å²) in [6.45, 7) is 5.13. The molecule has 0 unspecified atom stereocenters. The molecule has 0 spiro atoms. The number of anilines is 2. The molecule has 2 aromatic rings. The van der Waals surface area contributed by atoms with Crippen molar-refractivity contribution in [2.24, 2.45) is 0 Å². The van der Waals surface area contributed by atoms with Crippen molar-refractivity contribution in [2.45, 2.75) is 31.7 Å². The third kappa shape index (κ3) is 4.58. The molecular weight excluding hydrogens is 366 g/mol. The van der Waals surface area contributed by atoms with Gasteiger partial charge in [0.1, 0.15) is 10.6 Å². The molecule has 0 saturated carbocycles. The number of nitrogens with one attached hydrogen (secondary N) is 3. The van der Waals surface area contributed by atoms with Gasteiger partial charge in [-0.15, -0.1) is 0 Å². The van der Waals surface area contributed by atoms with Crippen LogP contribution in [-0.2, 0) is 27.8 Å². The summed E-state index contributed by atoms with van der Waals surface area (Å²) in [5.74, 6) is -0.0416. The molecule has 0 aliphatic carbocycles. The molecule has 8 heteroatoms. The van der Waals surface area contributed by atoms with Crippen molar-refractivity contribution < 1.29 is 17.9 Å². The number of carbonyl (C=O) groups excluding carboxylic acids is 1. The lowest BCUT2D eigenvalue weighted by Crippen LogP contribution is -2.23. The topological polar surface area (TPSA) is 96.5 Å². The largest absolute Gasteiger partial charge is 0.492 e. The minimum absolute atomic E-state index is 0.0185. The van der Waals surface area contributed by atoms with Crippen LogP contribution < -0.4 is 20.1 Å². The van der Waals surface area contributed by atoms with Crippen LogP contribution >= 0.6 is 0 Å². The van der Waals surface area contributed by atoms with Gasteiger partial charge in [-0.3, -0.25) is 9.52 Å². The fourth-order valence-electron chi connectivity index (χ4n) is 3.02. The summed E-state index contributed by atoms with van der Waals surface area (Å²) in [6, 6.07) is 10.1. The smallest absolute Gasteiger partial charge is 0.265 e. The molecule has 0 saturated heterocycles. The van der Waals surface area contributed by atoms with Crippen molar-refractivity contribution in [3.8, 4) is 5.75 Å². The SMILES string of the molecule is CCOc1ccc(NC(C)=O)cc1S(=O)(=O)Nc1ccc2c(c1)CCNC2. The summed E-state index contributed by atoms with van der Waals surface area (Å²) in [5.41, 5.74) is 3.20. The maximum Gasteiger partial charge on any atom is 0.265 e. The van der Waals surface area contributed by atoms with Crippen molar-refractivity contribution in [2.75, 3.05) is 23.2 Å². The minimum atomic E-state index is -3.89. The molecule has 1 aliphatic heterocycles. The van der Waals surface area contributed by atoms with Crippen LogP contribution in [0.1, 0.15) is 25.0 Å². The van der Waals surface area contributed by atoms with Gasteiger partial charge < -0.3 is 15.4 Å². The molecule has 27 heavy (non-hydrogen) atoms. The summed E-state index contributed by atoms with van der Waals surface area (Å²) in [7, 11) is -3.89. The van der Waals surface area contributed by atoms with E-state index in [9.17, 15) is 13.2 Å². The van der Waals surface area contributed by atoms with Gasteiger partial charge in [0.15, 0.2) is 0 Å². The van der Waals surface area contributed by atoms with E-state index >= 15 is 0 Å². The van der Waals surface area contributed by atoms with Crippen LogP contribution in [0.3, 0.4) is 0 Å². The lowest BCUT2D eigenvalue weighted by molar-refractivity contribution is -0.114. The Kier molecular flexibility index (Phi) is 5.67. The number of benzene rings is 2. The number of sulfonamides is 1. The number of carbonyl (C=O) groups is 1. The quantitative estimate of drug-likeness (QED) is 0.705. The third-order valence-corrected chi connectivity index (χ3v) is 5.60. The second kappa shape index (κ2) is 7.98. The number of hydrogen-bond donors (Lipinski definition) is 3. The van der Waals surface area contributed by atoms with Gasteiger partial charge in [-0.05, 0) is 61.3 Å². The van der Waals surface area contributed by atoms with Gasteiger partial charge in [0.2, 0.25) is 5.91 Å². The van der Waals surface area contributed by atoms with Gasteiger partial charge in [-0.2, -0.15) is 0 Å². The summed E-state index contributed by atoms with van der Waals surface area (Å²) in [5, 5.41) is 5.89. The van der Waals surface area contributed by atoms with Gasteiger partial charge >= 0.3 is 0 Å². The van der Waals surface area contributed by atoms with E-state index in [2.05, 4.69) is 15.4 Å². The Morgan fingerprint density at radius 1 is 1.15 bits per heavy atom. The van der Waals surface area contributed by atoms with Crippen molar-refractivity contribution >= 4 is 27.3 Å². The monoisotopic (exact) mass is 389 g/mol. The van der Waals surface area contributed by atoms with E-state index in [1.54, 1.807) is 25.1 Å². The second-order valence-corrected chi connectivity index (χ2v) is 7.94. The van der Waals surface area contributed by atoms with Crippen molar-refractivity contribution in [3.05, 3.63) is 47.5 Å². The molecule has 0 fully saturated rings. The van der Waals surface area contributed by atoms with Gasteiger partial charge in [0.25, 0.3) is 10.0 Å². The van der Waals surface area contributed by atoms with Crippen molar-refractivity contribution in [3.63, 3.8) is 0 Å². The Labute approximate surface area is 159 Å². The van der Waals surface area contributed by atoms with Gasteiger partial charge in [-0.25, -0.2) is 8.42 Å². The highest BCUT2D eigenvalue weighted by atomic mass is 32.2. The van der Waals surface area contributed by atoms with Crippen LogP contribution in [0.4, 0.5) is 11.4 Å². The first-order valence-electron chi connectivity index (χ1n) is 8.79. The van der Waals surface area contributed by atoms with Crippen LogP contribution in [0, 0.1) is 0 Å². The lowest BCUT2D eigenvalue weighted by atomic mass is 10.0. The van der Waals surface area contributed by atoms with Gasteiger partial charge in [-0.1, -0.05) is 6.07 Å². The van der Waals surface area contributed by atoms with Crippen molar-refractivity contribution in [1.29, 1.82) is 0 Å². The van der Waals surface area contributed by atoms with Crippen LogP contribution in [0.25, 0.3) is 0 Å². The zero-order valence-electron chi connectivity index (χ0n) is 15.3. The summed E-state index contributed by atoms with van der Waals surface area (Å²) < 4.78 is 34.1. The molecule has 3 rings (SSSR count). The molecule has 1 amide bonds. The molecule has 0 aromatic heterocycles. The molecule has 2 aromatic carbocycles. The van der Waals surface area contributed by atoms with E-state index in [1.165, 1.54) is 18.6 Å². The van der Waals surface area contributed by atoms with E-state index < -0.39 is 10.0 Å². The first-order valence-corrected chi connectivity index (χ1v) is 10.3. The van der Waals surface area contributed by atoms with Crippen LogP contribution in [0.5, 0.6) is 5.75 Å². The molecule has 0 radical (unpaired) electrons. The van der Waals surface area contributed by atoms with E-state index in [1.807, 2.05) is 12.1 Å². The lowest BCUT2D eigenvalue weighted by Gasteiger charge is -2.19. The summed E-state index contributed by atoms with van der Waals surface area (Å²) >= 11 is 0. The van der Waals surface area contributed by atoms with E-state index in [4.69, 9.17) is 4.74 Å². The predicted octanol–water partition coefficient (Wildman–Crippen LogP) is 2.49. The molecular formula is C19H23N3O4S. The van der Waals surface area contributed by atoms with Crippen LogP contribution in [0.15, 0.2) is 41.3 Å². The maximum absolute atomic E-state index is 13.0. The molecule has 7 nitrogen and oxygen atoms in total. The standard InChI is InChI=1S/C19H23N3O4S/c1-3-26-18-7-6-16(21-13(2)23)11-19(18)27(24,25)22-17-5-4-15-12-20-9-8-14(15)10-17/h4-7,10-11,20,22H,3,8-9,12H2,1-2H3,(H,21,23). The molecule has 0 bridgehead atoms. The second-order valence-electron chi connectivity index (χ2n) is 6.29. The summed E-state index contributed by atoms with van der Waals surface area (Å²) in [6.07, 6.45) is 0.854. The average Bonchev–Trinajstić information content (AvgIpc) is 2.62. The highest BCUT2D eigenvalue weighted by Crippen LogP contribution is 2.30. The Morgan fingerprint density at radius 3 is 2.67 bits per heavy atom. The maximum atomic E-state index is 13.0. The molecule has 3 N–H and O–H groups in total. The molecule has 0 atom stereocenters. The van der Waals surface area contributed by atoms with Crippen LogP contribution in [-0.4, -0.2) is 27.5 Å². The Morgan fingerprint density at radius 2 is 1.93 bits per heavy atom. The first-order chi connectivity index (χ1) is 12.9. The number of amides is 1. The Balaban J connectivity index is 1.94. The highest BCUT2D eigenvalue weighted by molar-refractivity contribution is 7.92. The fourth-order valence-corrected chi connectivity index (χ4v) is 4.25. The van der Waals surface area contributed by atoms with Gasteiger partial charge in [0.05, 0.1) is 6.61 Å². The van der Waals surface area contributed by atoms with Gasteiger partial charge in [0, 0.05) is 24.8 Å². The van der Waals surface area contributed by atoms with E-state index in [0.717, 1.165) is 25.1 Å². The highest BCUT2D eigenvalue weighted by Gasteiger charge is 2.22. The minimum Gasteiger partial charge on any atom is -0.492 e. The average molecular weight is 389 g/mol. The normalized spacial score (nSPS) is 13.6. The predicted molar refractivity (Wildman–Crippen MR) is 105 cm³/mol. The molecule has 1 heterocycles. The first kappa shape index (κ1) is 19.2. The zero-order valence-corrected chi connectivity index (χ0v) is 16.2. The Hall–Kier alpha value is -2.58. The van der Waals surface area contributed by atoms with Crippen LogP contribution in [0.2, 0.25) is 0 Å². The third-order valence-electron chi connectivity index (χ3n) is 4.20. The molecule has 144 valence electrons. The zero-order chi connectivity index (χ0) is 19.4. The number of rotatable bonds is 6. The number of hydrogen-bond acceptors (Lipinski definition) is 5. The van der Waals surface area contributed by atoms with E-state index in [-0.39, 0.29) is 16.6 Å². The van der Waals surface area contributed by atoms with E-state index in [0.29, 0.717) is 18.0 Å². The number of fused-ring (bicyclic) bond motifs is 1. The van der Waals surface area contributed by atoms with Crippen molar-refractivity contribution in [1.82, 2.24) is 5.32 Å². The fraction of sp³-hybridized carbons (Fsp3) is 0.316. The number of ether oxygens (including phenoxy) is 1. The Bertz CT molecular complexity index is 957. The molecule has 1 aliphatic rings. The summed E-state index contributed by atoms with van der Waals surface area (Å²) in [4.78, 5) is 11.3.